The molecule has 0 aliphatic heterocycles. The highest BCUT2D eigenvalue weighted by Gasteiger charge is 2.61. The molecular formula is C19H32O3. The number of fused-ring (bicyclic) bond motifs is 5. The van der Waals surface area contributed by atoms with Crippen molar-refractivity contribution in [1.29, 1.82) is 0 Å². The number of aliphatic hydroxyl groups is 3. The van der Waals surface area contributed by atoms with E-state index in [0.717, 1.165) is 38.0 Å². The molecule has 4 aliphatic rings. The van der Waals surface area contributed by atoms with Crippen molar-refractivity contribution in [3.63, 3.8) is 0 Å². The summed E-state index contributed by atoms with van der Waals surface area (Å²) < 4.78 is 0. The molecule has 0 unspecified atom stereocenters. The van der Waals surface area contributed by atoms with Gasteiger partial charge < -0.3 is 15.3 Å². The molecule has 3 nitrogen and oxygen atoms in total. The fourth-order valence-corrected chi connectivity index (χ4v) is 7.22. The van der Waals surface area contributed by atoms with Crippen LogP contribution in [0.25, 0.3) is 0 Å². The van der Waals surface area contributed by atoms with Gasteiger partial charge in [-0.15, -0.1) is 0 Å². The molecule has 0 spiro atoms. The van der Waals surface area contributed by atoms with Gasteiger partial charge in [-0.05, 0) is 85.9 Å². The molecule has 4 saturated carbocycles. The van der Waals surface area contributed by atoms with Crippen LogP contribution in [0.4, 0.5) is 0 Å². The molecule has 3 heteroatoms. The van der Waals surface area contributed by atoms with Gasteiger partial charge in [-0.3, -0.25) is 0 Å². The first-order valence-electron chi connectivity index (χ1n) is 9.40. The van der Waals surface area contributed by atoms with Crippen LogP contribution in [0.15, 0.2) is 0 Å². The molecular weight excluding hydrogens is 276 g/mol. The zero-order chi connectivity index (χ0) is 15.7. The van der Waals surface area contributed by atoms with Crippen LogP contribution in [0, 0.1) is 34.5 Å². The van der Waals surface area contributed by atoms with Crippen molar-refractivity contribution < 1.29 is 15.3 Å². The minimum Gasteiger partial charge on any atom is -0.393 e. The van der Waals surface area contributed by atoms with E-state index >= 15 is 0 Å². The third-order valence-electron chi connectivity index (χ3n) is 8.61. The first kappa shape index (κ1) is 15.4. The Hall–Kier alpha value is -0.120. The van der Waals surface area contributed by atoms with Gasteiger partial charge in [0, 0.05) is 0 Å². The van der Waals surface area contributed by atoms with Gasteiger partial charge in [0.25, 0.3) is 0 Å². The minimum atomic E-state index is -0.530. The van der Waals surface area contributed by atoms with Crippen molar-refractivity contribution >= 4 is 0 Å². The van der Waals surface area contributed by atoms with E-state index in [1.54, 1.807) is 0 Å². The second-order valence-electron chi connectivity index (χ2n) is 9.38. The average Bonchev–Trinajstić information content (AvgIpc) is 2.72. The Balaban J connectivity index is 1.63. The van der Waals surface area contributed by atoms with Crippen molar-refractivity contribution in [1.82, 2.24) is 0 Å². The summed E-state index contributed by atoms with van der Waals surface area (Å²) >= 11 is 0. The van der Waals surface area contributed by atoms with Gasteiger partial charge >= 0.3 is 0 Å². The lowest BCUT2D eigenvalue weighted by Gasteiger charge is -2.60. The lowest BCUT2D eigenvalue weighted by molar-refractivity contribution is -0.135. The Morgan fingerprint density at radius 1 is 0.773 bits per heavy atom. The second-order valence-corrected chi connectivity index (χ2v) is 9.38. The first-order chi connectivity index (χ1) is 10.4. The second kappa shape index (κ2) is 4.94. The summed E-state index contributed by atoms with van der Waals surface area (Å²) in [6.45, 7) is 4.69. The van der Waals surface area contributed by atoms with Gasteiger partial charge in [-0.2, -0.15) is 0 Å². The van der Waals surface area contributed by atoms with Crippen LogP contribution in [-0.2, 0) is 0 Å². The molecule has 126 valence electrons. The van der Waals surface area contributed by atoms with Gasteiger partial charge in [-0.1, -0.05) is 13.8 Å². The lowest BCUT2D eigenvalue weighted by Crippen LogP contribution is -2.54. The maximum absolute atomic E-state index is 10.5. The van der Waals surface area contributed by atoms with Crippen LogP contribution >= 0.6 is 0 Å². The van der Waals surface area contributed by atoms with Crippen molar-refractivity contribution in [2.45, 2.75) is 83.5 Å². The van der Waals surface area contributed by atoms with E-state index in [1.807, 2.05) is 0 Å². The van der Waals surface area contributed by atoms with E-state index < -0.39 is 12.2 Å². The zero-order valence-electron chi connectivity index (χ0n) is 14.0. The van der Waals surface area contributed by atoms with E-state index in [9.17, 15) is 15.3 Å². The summed E-state index contributed by atoms with van der Waals surface area (Å²) in [6, 6.07) is 0. The Labute approximate surface area is 134 Å². The molecule has 0 heterocycles. The van der Waals surface area contributed by atoms with Crippen LogP contribution in [0.5, 0.6) is 0 Å². The average molecular weight is 308 g/mol. The molecule has 0 amide bonds. The van der Waals surface area contributed by atoms with E-state index in [2.05, 4.69) is 13.8 Å². The van der Waals surface area contributed by atoms with Gasteiger partial charge in [0.05, 0.1) is 18.3 Å². The first-order valence-corrected chi connectivity index (χ1v) is 9.40. The Bertz CT molecular complexity index is 452. The van der Waals surface area contributed by atoms with E-state index in [4.69, 9.17) is 0 Å². The fraction of sp³-hybridized carbons (Fsp3) is 1.00. The third kappa shape index (κ3) is 1.91. The number of hydrogen-bond acceptors (Lipinski definition) is 3. The van der Waals surface area contributed by atoms with Crippen molar-refractivity contribution in [3.8, 4) is 0 Å². The zero-order valence-corrected chi connectivity index (χ0v) is 14.0. The normalized spacial score (nSPS) is 61.2. The summed E-state index contributed by atoms with van der Waals surface area (Å²) in [5.74, 6) is 2.57. The quantitative estimate of drug-likeness (QED) is 0.645. The molecule has 9 atom stereocenters. The standard InChI is InChI=1S/C19H32O3/c1-18-7-5-12(20)9-11(18)3-4-13-14(18)6-8-19(2)15(13)10-16(21)17(19)22/h11-17,20-22H,3-10H2,1-2H3/t11-,12+,13+,14-,15-,16+,17+,18-,19-/m0/s1. The number of aliphatic hydroxyl groups excluding tert-OH is 3. The summed E-state index contributed by atoms with van der Waals surface area (Å²) in [4.78, 5) is 0. The minimum absolute atomic E-state index is 0.0715. The summed E-state index contributed by atoms with van der Waals surface area (Å²) in [5, 5.41) is 30.8. The topological polar surface area (TPSA) is 60.7 Å². The van der Waals surface area contributed by atoms with Gasteiger partial charge in [0.15, 0.2) is 0 Å². The summed E-state index contributed by atoms with van der Waals surface area (Å²) in [6.07, 6.45) is 7.49. The molecule has 0 bridgehead atoms. The Morgan fingerprint density at radius 2 is 1.50 bits per heavy atom. The smallest absolute Gasteiger partial charge is 0.0855 e. The van der Waals surface area contributed by atoms with Gasteiger partial charge in [0.1, 0.15) is 0 Å². The van der Waals surface area contributed by atoms with Crippen LogP contribution in [0.2, 0.25) is 0 Å². The maximum Gasteiger partial charge on any atom is 0.0855 e. The lowest BCUT2D eigenvalue weighted by atomic mass is 9.45. The van der Waals surface area contributed by atoms with Crippen molar-refractivity contribution in [3.05, 3.63) is 0 Å². The monoisotopic (exact) mass is 308 g/mol. The largest absolute Gasteiger partial charge is 0.393 e. The maximum atomic E-state index is 10.5. The highest BCUT2D eigenvalue weighted by Crippen LogP contribution is 2.66. The highest BCUT2D eigenvalue weighted by atomic mass is 16.3. The van der Waals surface area contributed by atoms with Crippen molar-refractivity contribution in [2.75, 3.05) is 0 Å². The SMILES string of the molecule is C[C@]12CC[C@@H](O)C[C@@H]1CC[C@@H]1[C@@H]2CC[C@]2(C)[C@H](O)[C@H](O)C[C@@H]12. The third-order valence-corrected chi connectivity index (χ3v) is 8.61. The van der Waals surface area contributed by atoms with E-state index in [1.165, 1.54) is 19.3 Å². The fourth-order valence-electron chi connectivity index (χ4n) is 7.22. The van der Waals surface area contributed by atoms with Crippen LogP contribution in [-0.4, -0.2) is 33.6 Å². The summed E-state index contributed by atoms with van der Waals surface area (Å²) in [5.41, 5.74) is 0.305. The Morgan fingerprint density at radius 3 is 2.27 bits per heavy atom. The predicted octanol–water partition coefficient (Wildman–Crippen LogP) is 2.72. The summed E-state index contributed by atoms with van der Waals surface area (Å²) in [7, 11) is 0. The van der Waals surface area contributed by atoms with E-state index in [0.29, 0.717) is 23.2 Å². The molecule has 0 saturated heterocycles. The molecule has 4 aliphatic carbocycles. The molecule has 0 aromatic heterocycles. The number of rotatable bonds is 0. The number of hydrogen-bond donors (Lipinski definition) is 3. The van der Waals surface area contributed by atoms with Crippen LogP contribution in [0.1, 0.15) is 65.2 Å². The Kier molecular flexibility index (Phi) is 3.46. The van der Waals surface area contributed by atoms with E-state index in [-0.39, 0.29) is 11.5 Å². The molecule has 3 N–H and O–H groups in total. The molecule has 22 heavy (non-hydrogen) atoms. The van der Waals surface area contributed by atoms with Gasteiger partial charge in [0.2, 0.25) is 0 Å². The molecule has 4 fully saturated rings. The van der Waals surface area contributed by atoms with Gasteiger partial charge in [-0.25, -0.2) is 0 Å². The van der Waals surface area contributed by atoms with Crippen molar-refractivity contribution in [2.24, 2.45) is 34.5 Å². The van der Waals surface area contributed by atoms with Crippen LogP contribution in [0.3, 0.4) is 0 Å². The van der Waals surface area contributed by atoms with Crippen LogP contribution < -0.4 is 0 Å². The molecule has 0 radical (unpaired) electrons. The predicted molar refractivity (Wildman–Crippen MR) is 85.1 cm³/mol. The molecule has 0 aromatic carbocycles. The molecule has 4 rings (SSSR count). The highest BCUT2D eigenvalue weighted by molar-refractivity contribution is 5.11. The molecule has 0 aromatic rings.